The van der Waals surface area contributed by atoms with Crippen molar-refractivity contribution in [3.8, 4) is 0 Å². The van der Waals surface area contributed by atoms with Crippen molar-refractivity contribution in [3.63, 3.8) is 0 Å². The number of hydrogen-bond acceptors (Lipinski definition) is 4. The minimum Gasteiger partial charge on any atom is -0.338 e. The number of hydrogen-bond donors (Lipinski definition) is 0. The molecular formula is C25H32N4O3. The normalized spacial score (nSPS) is 19.0. The second-order valence-corrected chi connectivity index (χ2v) is 9.01. The van der Waals surface area contributed by atoms with Crippen molar-refractivity contribution < 1.29 is 9.59 Å². The zero-order chi connectivity index (χ0) is 22.8. The largest absolute Gasteiger partial charge is 0.338 e. The quantitative estimate of drug-likeness (QED) is 0.733. The second kappa shape index (κ2) is 9.28. The second-order valence-electron chi connectivity index (χ2n) is 9.01. The van der Waals surface area contributed by atoms with E-state index < -0.39 is 0 Å². The minimum atomic E-state index is -0.215. The molecule has 32 heavy (non-hydrogen) atoms. The number of carbonyl (C=O) groups excluding carboxylic acids is 2. The summed E-state index contributed by atoms with van der Waals surface area (Å²) in [6.07, 6.45) is 3.10. The zero-order valence-corrected chi connectivity index (χ0v) is 19.2. The maximum atomic E-state index is 13.6. The van der Waals surface area contributed by atoms with Crippen molar-refractivity contribution in [3.05, 3.63) is 69.1 Å². The van der Waals surface area contributed by atoms with Crippen LogP contribution in [-0.2, 0) is 30.7 Å². The van der Waals surface area contributed by atoms with Crippen LogP contribution >= 0.6 is 0 Å². The van der Waals surface area contributed by atoms with Crippen LogP contribution in [0.25, 0.3) is 0 Å². The molecule has 0 aliphatic carbocycles. The summed E-state index contributed by atoms with van der Waals surface area (Å²) in [4.78, 5) is 44.9. The molecule has 0 unspecified atom stereocenters. The molecule has 7 nitrogen and oxygen atoms in total. The first-order chi connectivity index (χ1) is 15.3. The van der Waals surface area contributed by atoms with Crippen LogP contribution in [0.5, 0.6) is 0 Å². The summed E-state index contributed by atoms with van der Waals surface area (Å²) in [5.41, 5.74) is 2.95. The molecule has 4 rings (SSSR count). The van der Waals surface area contributed by atoms with Gasteiger partial charge in [-0.05, 0) is 43.5 Å². The van der Waals surface area contributed by atoms with Crippen molar-refractivity contribution in [2.45, 2.75) is 45.8 Å². The summed E-state index contributed by atoms with van der Waals surface area (Å²) >= 11 is 0. The van der Waals surface area contributed by atoms with Gasteiger partial charge < -0.3 is 19.3 Å². The number of nitrogens with zero attached hydrogens (tertiary/aromatic N) is 4. The van der Waals surface area contributed by atoms with Gasteiger partial charge in [0.15, 0.2) is 0 Å². The van der Waals surface area contributed by atoms with Gasteiger partial charge in [0.2, 0.25) is 5.91 Å². The van der Waals surface area contributed by atoms with Crippen LogP contribution in [0.15, 0.2) is 41.3 Å². The van der Waals surface area contributed by atoms with Gasteiger partial charge in [0.05, 0.1) is 0 Å². The average molecular weight is 437 g/mol. The number of aryl methyl sites for hydroxylation is 2. The highest BCUT2D eigenvalue weighted by molar-refractivity contribution is 5.96. The SMILES string of the molecule is CC(=O)N1CCc2c(cn(CCc3ccccc3)c(=O)c2C(=O)N2CCN(C)[C@H](C)C2)C1. The summed E-state index contributed by atoms with van der Waals surface area (Å²) in [6, 6.07) is 10.3. The molecule has 2 aliphatic heterocycles. The first kappa shape index (κ1) is 22.3. The highest BCUT2D eigenvalue weighted by Gasteiger charge is 2.32. The standard InChI is InChI=1S/C25H32N4O3/c1-18-15-29(14-13-26(18)3)25(32)23-22-10-12-27(19(2)30)16-21(22)17-28(24(23)31)11-9-20-7-5-4-6-8-20/h4-8,17-18H,9-16H2,1-3H3/t18-/m1/s1. The van der Waals surface area contributed by atoms with Gasteiger partial charge in [0, 0.05) is 58.4 Å². The minimum absolute atomic E-state index is 0.0125. The number of fused-ring (bicyclic) bond motifs is 1. The van der Waals surface area contributed by atoms with Gasteiger partial charge in [-0.1, -0.05) is 30.3 Å². The molecule has 1 atom stereocenters. The van der Waals surface area contributed by atoms with Crippen LogP contribution < -0.4 is 5.56 Å². The van der Waals surface area contributed by atoms with Crippen LogP contribution in [-0.4, -0.2) is 70.3 Å². The molecule has 1 aromatic carbocycles. The lowest BCUT2D eigenvalue weighted by Gasteiger charge is -2.38. The summed E-state index contributed by atoms with van der Waals surface area (Å²) in [6.45, 7) is 7.16. The average Bonchev–Trinajstić information content (AvgIpc) is 2.79. The molecule has 3 heterocycles. The lowest BCUT2D eigenvalue weighted by atomic mass is 9.95. The highest BCUT2D eigenvalue weighted by atomic mass is 16.2. The predicted molar refractivity (Wildman–Crippen MR) is 124 cm³/mol. The molecule has 2 aliphatic rings. The number of piperazine rings is 1. The molecule has 1 fully saturated rings. The van der Waals surface area contributed by atoms with Crippen LogP contribution in [0.1, 0.15) is 40.9 Å². The predicted octanol–water partition coefficient (Wildman–Crippen LogP) is 1.77. The Balaban J connectivity index is 1.70. The number of likely N-dealkylation sites (N-methyl/N-ethyl adjacent to an activating group) is 1. The number of benzene rings is 1. The third-order valence-corrected chi connectivity index (χ3v) is 6.86. The molecule has 2 amide bonds. The number of pyridine rings is 1. The van der Waals surface area contributed by atoms with Crippen LogP contribution in [0, 0.1) is 0 Å². The molecule has 0 bridgehead atoms. The third-order valence-electron chi connectivity index (χ3n) is 6.86. The Morgan fingerprint density at radius 2 is 1.81 bits per heavy atom. The molecule has 0 radical (unpaired) electrons. The monoisotopic (exact) mass is 436 g/mol. The van der Waals surface area contributed by atoms with Gasteiger partial charge in [0.25, 0.3) is 11.5 Å². The molecule has 170 valence electrons. The fourth-order valence-electron chi connectivity index (χ4n) is 4.65. The summed E-state index contributed by atoms with van der Waals surface area (Å²) in [5, 5.41) is 0. The number of amides is 2. The topological polar surface area (TPSA) is 65.9 Å². The van der Waals surface area contributed by atoms with Gasteiger partial charge in [-0.3, -0.25) is 14.4 Å². The van der Waals surface area contributed by atoms with Crippen LogP contribution in [0.2, 0.25) is 0 Å². The van der Waals surface area contributed by atoms with Crippen molar-refractivity contribution in [1.82, 2.24) is 19.3 Å². The first-order valence-electron chi connectivity index (χ1n) is 11.4. The fraction of sp³-hybridized carbons (Fsp3) is 0.480. The van der Waals surface area contributed by atoms with E-state index in [0.29, 0.717) is 51.1 Å². The number of rotatable bonds is 4. The fourth-order valence-corrected chi connectivity index (χ4v) is 4.65. The third kappa shape index (κ3) is 4.48. The molecule has 0 N–H and O–H groups in total. The molecule has 1 saturated heterocycles. The Bertz CT molecular complexity index is 1060. The Labute approximate surface area is 189 Å². The van der Waals surface area contributed by atoms with E-state index in [4.69, 9.17) is 0 Å². The van der Waals surface area contributed by atoms with E-state index in [1.54, 1.807) is 16.4 Å². The Morgan fingerprint density at radius 3 is 2.50 bits per heavy atom. The summed E-state index contributed by atoms with van der Waals surface area (Å²) in [7, 11) is 2.06. The maximum absolute atomic E-state index is 13.6. The summed E-state index contributed by atoms with van der Waals surface area (Å²) in [5.74, 6) is -0.157. The van der Waals surface area contributed by atoms with Gasteiger partial charge in [-0.2, -0.15) is 0 Å². The summed E-state index contributed by atoms with van der Waals surface area (Å²) < 4.78 is 1.67. The molecule has 0 saturated carbocycles. The Kier molecular flexibility index (Phi) is 6.46. The van der Waals surface area contributed by atoms with Crippen LogP contribution in [0.4, 0.5) is 0 Å². The van der Waals surface area contributed by atoms with E-state index in [9.17, 15) is 14.4 Å². The molecular weight excluding hydrogens is 404 g/mol. The van der Waals surface area contributed by atoms with Crippen molar-refractivity contribution in [2.24, 2.45) is 0 Å². The molecule has 2 aromatic rings. The van der Waals surface area contributed by atoms with E-state index >= 15 is 0 Å². The molecule has 1 aromatic heterocycles. The smallest absolute Gasteiger partial charge is 0.263 e. The van der Waals surface area contributed by atoms with Gasteiger partial charge in [-0.25, -0.2) is 0 Å². The molecule has 0 spiro atoms. The van der Waals surface area contributed by atoms with Crippen molar-refractivity contribution in [2.75, 3.05) is 33.2 Å². The van der Waals surface area contributed by atoms with Crippen LogP contribution in [0.3, 0.4) is 0 Å². The number of carbonyl (C=O) groups is 2. The Morgan fingerprint density at radius 1 is 1.06 bits per heavy atom. The van der Waals surface area contributed by atoms with Gasteiger partial charge >= 0.3 is 0 Å². The number of aromatic nitrogens is 1. The van der Waals surface area contributed by atoms with E-state index in [1.165, 1.54) is 0 Å². The van der Waals surface area contributed by atoms with Gasteiger partial charge in [0.1, 0.15) is 5.56 Å². The van der Waals surface area contributed by atoms with Crippen molar-refractivity contribution >= 4 is 11.8 Å². The lowest BCUT2D eigenvalue weighted by molar-refractivity contribution is -0.129. The zero-order valence-electron chi connectivity index (χ0n) is 19.2. The maximum Gasteiger partial charge on any atom is 0.263 e. The highest BCUT2D eigenvalue weighted by Crippen LogP contribution is 2.23. The van der Waals surface area contributed by atoms with Crippen molar-refractivity contribution in [1.29, 1.82) is 0 Å². The Hall–Kier alpha value is -2.93. The van der Waals surface area contributed by atoms with E-state index in [2.05, 4.69) is 18.9 Å². The first-order valence-corrected chi connectivity index (χ1v) is 11.4. The van der Waals surface area contributed by atoms with E-state index in [-0.39, 0.29) is 23.4 Å². The lowest BCUT2D eigenvalue weighted by Crippen LogP contribution is -2.53. The molecule has 7 heteroatoms. The van der Waals surface area contributed by atoms with Gasteiger partial charge in [-0.15, -0.1) is 0 Å². The van der Waals surface area contributed by atoms with E-state index in [1.807, 2.05) is 41.4 Å². The van der Waals surface area contributed by atoms with E-state index in [0.717, 1.165) is 23.2 Å².